The first-order chi connectivity index (χ1) is 7.24. The number of aromatic nitrogens is 1. The van der Waals surface area contributed by atoms with Crippen LogP contribution in [0.25, 0.3) is 10.8 Å². The van der Waals surface area contributed by atoms with Crippen LogP contribution < -0.4 is 10.5 Å². The van der Waals surface area contributed by atoms with E-state index in [1.54, 1.807) is 13.3 Å². The van der Waals surface area contributed by atoms with Gasteiger partial charge in [0.25, 0.3) is 0 Å². The van der Waals surface area contributed by atoms with Crippen LogP contribution in [0.2, 0.25) is 0 Å². The van der Waals surface area contributed by atoms with Crippen LogP contribution in [0.3, 0.4) is 0 Å². The summed E-state index contributed by atoms with van der Waals surface area (Å²) in [5, 5.41) is 2.12. The minimum absolute atomic E-state index is 0.0687. The highest BCUT2D eigenvalue weighted by molar-refractivity contribution is 5.90. The zero-order chi connectivity index (χ0) is 10.8. The molecule has 15 heavy (non-hydrogen) atoms. The second kappa shape index (κ2) is 3.87. The number of hydrogen-bond acceptors (Lipinski definition) is 3. The summed E-state index contributed by atoms with van der Waals surface area (Å²) in [6, 6.07) is 7.78. The highest BCUT2D eigenvalue weighted by Gasteiger charge is 2.08. The second-order valence-electron chi connectivity index (χ2n) is 3.54. The lowest BCUT2D eigenvalue weighted by Crippen LogP contribution is -2.07. The number of rotatable bonds is 2. The van der Waals surface area contributed by atoms with Crippen LogP contribution in [-0.2, 0) is 0 Å². The molecule has 1 heterocycles. The number of pyridine rings is 1. The third-order valence-electron chi connectivity index (χ3n) is 2.45. The van der Waals surface area contributed by atoms with E-state index in [4.69, 9.17) is 10.5 Å². The number of nitrogens with zero attached hydrogens (tertiary/aromatic N) is 1. The molecule has 1 aromatic carbocycles. The maximum Gasteiger partial charge on any atom is 0.126 e. The van der Waals surface area contributed by atoms with Crippen molar-refractivity contribution in [1.29, 1.82) is 0 Å². The minimum Gasteiger partial charge on any atom is -0.496 e. The molecule has 0 aliphatic carbocycles. The summed E-state index contributed by atoms with van der Waals surface area (Å²) in [5.41, 5.74) is 6.78. The van der Waals surface area contributed by atoms with Crippen molar-refractivity contribution in [3.63, 3.8) is 0 Å². The molecule has 1 atom stereocenters. The molecule has 0 aliphatic heterocycles. The van der Waals surface area contributed by atoms with Gasteiger partial charge >= 0.3 is 0 Å². The number of ether oxygens (including phenoxy) is 1. The molecular formula is C12H14N2O. The van der Waals surface area contributed by atoms with Crippen LogP contribution in [0.5, 0.6) is 5.75 Å². The summed E-state index contributed by atoms with van der Waals surface area (Å²) in [7, 11) is 1.67. The highest BCUT2D eigenvalue weighted by Crippen LogP contribution is 2.28. The molecule has 2 aromatic rings. The van der Waals surface area contributed by atoms with Crippen molar-refractivity contribution in [2.24, 2.45) is 5.73 Å². The Hall–Kier alpha value is -1.61. The van der Waals surface area contributed by atoms with Crippen molar-refractivity contribution in [1.82, 2.24) is 4.98 Å². The van der Waals surface area contributed by atoms with Crippen LogP contribution in [0.15, 0.2) is 30.5 Å². The van der Waals surface area contributed by atoms with Gasteiger partial charge in [-0.2, -0.15) is 0 Å². The molecule has 3 heteroatoms. The number of fused-ring (bicyclic) bond motifs is 1. The molecule has 0 saturated carbocycles. The molecule has 0 amide bonds. The SMILES string of the molecule is COc1cccc2c(C(C)N)nccc12. The summed E-state index contributed by atoms with van der Waals surface area (Å²) in [4.78, 5) is 4.30. The van der Waals surface area contributed by atoms with Crippen molar-refractivity contribution >= 4 is 10.8 Å². The fraction of sp³-hybridized carbons (Fsp3) is 0.250. The van der Waals surface area contributed by atoms with Crippen molar-refractivity contribution in [3.8, 4) is 5.75 Å². The standard InChI is InChI=1S/C12H14N2O/c1-8(13)12-10-4-3-5-11(15-2)9(10)6-7-14-12/h3-8H,13H2,1-2H3. The molecule has 0 spiro atoms. The Bertz CT molecular complexity index is 480. The molecular weight excluding hydrogens is 188 g/mol. The smallest absolute Gasteiger partial charge is 0.126 e. The molecule has 78 valence electrons. The predicted octanol–water partition coefficient (Wildman–Crippen LogP) is 2.26. The summed E-state index contributed by atoms with van der Waals surface area (Å²) in [6.07, 6.45) is 1.77. The molecule has 0 fully saturated rings. The van der Waals surface area contributed by atoms with Crippen LogP contribution in [0.4, 0.5) is 0 Å². The van der Waals surface area contributed by atoms with Crippen LogP contribution >= 0.6 is 0 Å². The molecule has 0 bridgehead atoms. The molecule has 3 nitrogen and oxygen atoms in total. The van der Waals surface area contributed by atoms with Crippen LogP contribution in [0, 0.1) is 0 Å². The second-order valence-corrected chi connectivity index (χ2v) is 3.54. The number of methoxy groups -OCH3 is 1. The van der Waals surface area contributed by atoms with Gasteiger partial charge in [0, 0.05) is 23.0 Å². The molecule has 0 radical (unpaired) electrons. The number of nitrogens with two attached hydrogens (primary N) is 1. The first-order valence-electron chi connectivity index (χ1n) is 4.91. The van der Waals surface area contributed by atoms with Gasteiger partial charge < -0.3 is 10.5 Å². The summed E-state index contributed by atoms with van der Waals surface area (Å²) in [5.74, 6) is 0.858. The Morgan fingerprint density at radius 2 is 2.07 bits per heavy atom. The van der Waals surface area contributed by atoms with Gasteiger partial charge in [-0.05, 0) is 19.1 Å². The van der Waals surface area contributed by atoms with Crippen molar-refractivity contribution in [2.75, 3.05) is 7.11 Å². The molecule has 2 rings (SSSR count). The molecule has 1 unspecified atom stereocenters. The van der Waals surface area contributed by atoms with Crippen LogP contribution in [-0.4, -0.2) is 12.1 Å². The fourth-order valence-corrected chi connectivity index (χ4v) is 1.74. The van der Waals surface area contributed by atoms with Gasteiger partial charge in [0.15, 0.2) is 0 Å². The van der Waals surface area contributed by atoms with Gasteiger partial charge in [-0.3, -0.25) is 4.98 Å². The van der Waals surface area contributed by atoms with Gasteiger partial charge in [0.05, 0.1) is 12.8 Å². The zero-order valence-corrected chi connectivity index (χ0v) is 8.90. The van der Waals surface area contributed by atoms with Crippen LogP contribution in [0.1, 0.15) is 18.7 Å². The predicted molar refractivity (Wildman–Crippen MR) is 60.9 cm³/mol. The highest BCUT2D eigenvalue weighted by atomic mass is 16.5. The number of benzene rings is 1. The van der Waals surface area contributed by atoms with E-state index in [-0.39, 0.29) is 6.04 Å². The lowest BCUT2D eigenvalue weighted by Gasteiger charge is -2.10. The Balaban J connectivity index is 2.76. The van der Waals surface area contributed by atoms with Gasteiger partial charge in [0.2, 0.25) is 0 Å². The quantitative estimate of drug-likeness (QED) is 0.812. The Labute approximate surface area is 88.9 Å². The summed E-state index contributed by atoms with van der Waals surface area (Å²) in [6.45, 7) is 1.93. The Morgan fingerprint density at radius 3 is 2.73 bits per heavy atom. The van der Waals surface area contributed by atoms with Gasteiger partial charge in [-0.1, -0.05) is 12.1 Å². The maximum atomic E-state index is 5.87. The average Bonchev–Trinajstić information content (AvgIpc) is 2.27. The van der Waals surface area contributed by atoms with E-state index in [0.29, 0.717) is 0 Å². The van der Waals surface area contributed by atoms with Crippen molar-refractivity contribution in [2.45, 2.75) is 13.0 Å². The average molecular weight is 202 g/mol. The lowest BCUT2D eigenvalue weighted by molar-refractivity contribution is 0.420. The van der Waals surface area contributed by atoms with E-state index >= 15 is 0 Å². The molecule has 0 saturated heterocycles. The first-order valence-corrected chi connectivity index (χ1v) is 4.91. The first kappa shape index (κ1) is 9.93. The van der Waals surface area contributed by atoms with Gasteiger partial charge in [0.1, 0.15) is 5.75 Å². The third kappa shape index (κ3) is 1.66. The topological polar surface area (TPSA) is 48.1 Å². The van der Waals surface area contributed by atoms with E-state index < -0.39 is 0 Å². The van der Waals surface area contributed by atoms with E-state index in [1.165, 1.54) is 0 Å². The number of hydrogen-bond donors (Lipinski definition) is 1. The van der Waals surface area contributed by atoms with E-state index in [9.17, 15) is 0 Å². The summed E-state index contributed by atoms with van der Waals surface area (Å²) >= 11 is 0. The molecule has 2 N–H and O–H groups in total. The van der Waals surface area contributed by atoms with Gasteiger partial charge in [-0.25, -0.2) is 0 Å². The Morgan fingerprint density at radius 1 is 1.27 bits per heavy atom. The minimum atomic E-state index is -0.0687. The fourth-order valence-electron chi connectivity index (χ4n) is 1.74. The van der Waals surface area contributed by atoms with Gasteiger partial charge in [-0.15, -0.1) is 0 Å². The Kier molecular flexibility index (Phi) is 2.56. The van der Waals surface area contributed by atoms with Crippen molar-refractivity contribution in [3.05, 3.63) is 36.2 Å². The van der Waals surface area contributed by atoms with Crippen molar-refractivity contribution < 1.29 is 4.74 Å². The molecule has 1 aromatic heterocycles. The van der Waals surface area contributed by atoms with E-state index in [2.05, 4.69) is 4.98 Å². The largest absolute Gasteiger partial charge is 0.496 e. The monoisotopic (exact) mass is 202 g/mol. The lowest BCUT2D eigenvalue weighted by atomic mass is 10.1. The summed E-state index contributed by atoms with van der Waals surface area (Å²) < 4.78 is 5.29. The molecule has 0 aliphatic rings. The van der Waals surface area contributed by atoms with E-state index in [0.717, 1.165) is 22.2 Å². The van der Waals surface area contributed by atoms with E-state index in [1.807, 2.05) is 31.2 Å². The maximum absolute atomic E-state index is 5.87. The zero-order valence-electron chi connectivity index (χ0n) is 8.90. The third-order valence-corrected chi connectivity index (χ3v) is 2.45. The normalized spacial score (nSPS) is 12.7.